The van der Waals surface area contributed by atoms with Gasteiger partial charge in [-0.25, -0.2) is 4.98 Å². The zero-order valence-electron chi connectivity index (χ0n) is 12.5. The Morgan fingerprint density at radius 2 is 2.14 bits per heavy atom. The van der Waals surface area contributed by atoms with Crippen molar-refractivity contribution in [1.82, 2.24) is 9.55 Å². The molecule has 2 aromatic rings. The van der Waals surface area contributed by atoms with Gasteiger partial charge in [0.1, 0.15) is 0 Å². The third-order valence-corrected chi connectivity index (χ3v) is 3.49. The topological polar surface area (TPSA) is 48.3 Å². The molecule has 0 atom stereocenters. The van der Waals surface area contributed by atoms with Crippen LogP contribution in [0.5, 0.6) is 0 Å². The zero-order valence-corrected chi connectivity index (χ0v) is 12.5. The maximum absolute atomic E-state index is 5.67. The van der Waals surface area contributed by atoms with Crippen molar-refractivity contribution in [3.8, 4) is 0 Å². The Bertz CT molecular complexity index is 571. The highest BCUT2D eigenvalue weighted by Crippen LogP contribution is 2.20. The summed E-state index contributed by atoms with van der Waals surface area (Å²) in [5.41, 5.74) is 2.32. The molecule has 0 bridgehead atoms. The van der Waals surface area contributed by atoms with Gasteiger partial charge in [-0.15, -0.1) is 0 Å². The first-order valence-corrected chi connectivity index (χ1v) is 7.20. The molecule has 5 heteroatoms. The van der Waals surface area contributed by atoms with Crippen molar-refractivity contribution in [3.05, 3.63) is 48.5 Å². The summed E-state index contributed by atoms with van der Waals surface area (Å²) < 4.78 is 13.4. The first-order chi connectivity index (χ1) is 10.1. The Labute approximate surface area is 124 Å². The second-order valence-electron chi connectivity index (χ2n) is 5.80. The molecule has 0 unspecified atom stereocenters. The van der Waals surface area contributed by atoms with Crippen LogP contribution in [0.4, 0.5) is 5.69 Å². The number of anilines is 1. The zero-order chi connectivity index (χ0) is 14.7. The molecule has 0 saturated carbocycles. The van der Waals surface area contributed by atoms with Gasteiger partial charge in [0.05, 0.1) is 25.6 Å². The van der Waals surface area contributed by atoms with Gasteiger partial charge in [-0.05, 0) is 31.5 Å². The van der Waals surface area contributed by atoms with Crippen LogP contribution in [0.1, 0.15) is 19.4 Å². The third kappa shape index (κ3) is 3.83. The highest BCUT2D eigenvalue weighted by atomic mass is 16.7. The quantitative estimate of drug-likeness (QED) is 0.938. The van der Waals surface area contributed by atoms with E-state index in [2.05, 4.69) is 39.1 Å². The summed E-state index contributed by atoms with van der Waals surface area (Å²) in [6.07, 6.45) is 5.58. The molecule has 21 heavy (non-hydrogen) atoms. The van der Waals surface area contributed by atoms with Crippen molar-refractivity contribution in [2.75, 3.05) is 18.5 Å². The van der Waals surface area contributed by atoms with Gasteiger partial charge in [0.15, 0.2) is 5.79 Å². The Morgan fingerprint density at radius 1 is 1.33 bits per heavy atom. The minimum Gasteiger partial charge on any atom is -0.378 e. The molecule has 1 aromatic heterocycles. The van der Waals surface area contributed by atoms with Crippen LogP contribution < -0.4 is 5.32 Å². The Hall–Kier alpha value is -1.85. The predicted octanol–water partition coefficient (Wildman–Crippen LogP) is 2.49. The van der Waals surface area contributed by atoms with E-state index < -0.39 is 5.79 Å². The highest BCUT2D eigenvalue weighted by molar-refractivity contribution is 5.46. The molecule has 1 aliphatic rings. The van der Waals surface area contributed by atoms with Crippen LogP contribution in [0.15, 0.2) is 43.0 Å². The second kappa shape index (κ2) is 5.87. The third-order valence-electron chi connectivity index (χ3n) is 3.49. The Balaban J connectivity index is 1.61. The molecule has 1 aromatic carbocycles. The lowest BCUT2D eigenvalue weighted by atomic mass is 10.1. The van der Waals surface area contributed by atoms with Gasteiger partial charge in [-0.1, -0.05) is 12.1 Å². The largest absolute Gasteiger partial charge is 0.378 e. The number of imidazole rings is 1. The fraction of sp³-hybridized carbons (Fsp3) is 0.438. The molecule has 112 valence electrons. The van der Waals surface area contributed by atoms with E-state index in [1.165, 1.54) is 5.56 Å². The monoisotopic (exact) mass is 287 g/mol. The van der Waals surface area contributed by atoms with Crippen molar-refractivity contribution in [2.24, 2.45) is 0 Å². The number of aromatic nitrogens is 2. The van der Waals surface area contributed by atoms with E-state index in [1.54, 1.807) is 6.20 Å². The molecule has 0 radical (unpaired) electrons. The van der Waals surface area contributed by atoms with Gasteiger partial charge in [0.2, 0.25) is 0 Å². The SMILES string of the molecule is CC1(C)OCC(Nc2cccc(Cn3ccnc3)c2)CO1. The summed E-state index contributed by atoms with van der Waals surface area (Å²) in [5, 5.41) is 3.46. The number of nitrogens with zero attached hydrogens (tertiary/aromatic N) is 2. The van der Waals surface area contributed by atoms with Crippen LogP contribution >= 0.6 is 0 Å². The standard InChI is InChI=1S/C16H21N3O2/c1-16(2)20-10-15(11-21-16)18-14-5-3-4-13(8-14)9-19-7-6-17-12-19/h3-8,12,15,18H,9-11H2,1-2H3. The molecule has 1 saturated heterocycles. The average Bonchev–Trinajstić information content (AvgIpc) is 2.95. The van der Waals surface area contributed by atoms with Crippen molar-refractivity contribution in [1.29, 1.82) is 0 Å². The molecule has 0 aliphatic carbocycles. The van der Waals surface area contributed by atoms with E-state index in [0.29, 0.717) is 13.2 Å². The van der Waals surface area contributed by atoms with Gasteiger partial charge < -0.3 is 19.4 Å². The smallest absolute Gasteiger partial charge is 0.162 e. The molecule has 2 heterocycles. The van der Waals surface area contributed by atoms with Crippen molar-refractivity contribution in [2.45, 2.75) is 32.2 Å². The fourth-order valence-corrected chi connectivity index (χ4v) is 2.36. The van der Waals surface area contributed by atoms with Gasteiger partial charge in [-0.3, -0.25) is 0 Å². The lowest BCUT2D eigenvalue weighted by Crippen LogP contribution is -2.45. The van der Waals surface area contributed by atoms with Crippen molar-refractivity contribution < 1.29 is 9.47 Å². The Morgan fingerprint density at radius 3 is 2.86 bits per heavy atom. The number of nitrogens with one attached hydrogen (secondary N) is 1. The predicted molar refractivity (Wildman–Crippen MR) is 81.2 cm³/mol. The minimum absolute atomic E-state index is 0.182. The van der Waals surface area contributed by atoms with E-state index in [-0.39, 0.29) is 6.04 Å². The molecule has 0 spiro atoms. The molecule has 1 N–H and O–H groups in total. The number of benzene rings is 1. The van der Waals surface area contributed by atoms with E-state index in [0.717, 1.165) is 12.2 Å². The number of rotatable bonds is 4. The van der Waals surface area contributed by atoms with Gasteiger partial charge in [0.25, 0.3) is 0 Å². The minimum atomic E-state index is -0.471. The van der Waals surface area contributed by atoms with E-state index >= 15 is 0 Å². The summed E-state index contributed by atoms with van der Waals surface area (Å²) in [7, 11) is 0. The summed E-state index contributed by atoms with van der Waals surface area (Å²) in [4.78, 5) is 4.06. The summed E-state index contributed by atoms with van der Waals surface area (Å²) >= 11 is 0. The van der Waals surface area contributed by atoms with Crippen LogP contribution in [0.3, 0.4) is 0 Å². The summed E-state index contributed by atoms with van der Waals surface area (Å²) in [5.74, 6) is -0.471. The molecule has 1 fully saturated rings. The van der Waals surface area contributed by atoms with E-state index in [4.69, 9.17) is 9.47 Å². The lowest BCUT2D eigenvalue weighted by molar-refractivity contribution is -0.247. The number of hydrogen-bond acceptors (Lipinski definition) is 4. The highest BCUT2D eigenvalue weighted by Gasteiger charge is 2.28. The van der Waals surface area contributed by atoms with Crippen molar-refractivity contribution in [3.63, 3.8) is 0 Å². The molecular weight excluding hydrogens is 266 g/mol. The van der Waals surface area contributed by atoms with Crippen LogP contribution in [0.25, 0.3) is 0 Å². The van der Waals surface area contributed by atoms with Gasteiger partial charge in [0, 0.05) is 24.6 Å². The van der Waals surface area contributed by atoms with Crippen LogP contribution in [0.2, 0.25) is 0 Å². The van der Waals surface area contributed by atoms with Gasteiger partial charge >= 0.3 is 0 Å². The van der Waals surface area contributed by atoms with Crippen LogP contribution in [0, 0.1) is 0 Å². The van der Waals surface area contributed by atoms with Crippen LogP contribution in [-0.4, -0.2) is 34.6 Å². The molecule has 0 amide bonds. The normalized spacial score (nSPS) is 18.6. The first kappa shape index (κ1) is 14.1. The summed E-state index contributed by atoms with van der Waals surface area (Å²) in [6, 6.07) is 8.57. The average molecular weight is 287 g/mol. The van der Waals surface area contributed by atoms with Gasteiger partial charge in [-0.2, -0.15) is 0 Å². The molecule has 3 rings (SSSR count). The summed E-state index contributed by atoms with van der Waals surface area (Å²) in [6.45, 7) is 6.00. The molecule has 1 aliphatic heterocycles. The number of hydrogen-bond donors (Lipinski definition) is 1. The maximum Gasteiger partial charge on any atom is 0.162 e. The van der Waals surface area contributed by atoms with Crippen molar-refractivity contribution >= 4 is 5.69 Å². The lowest BCUT2D eigenvalue weighted by Gasteiger charge is -2.35. The fourth-order valence-electron chi connectivity index (χ4n) is 2.36. The first-order valence-electron chi connectivity index (χ1n) is 7.20. The maximum atomic E-state index is 5.67. The van der Waals surface area contributed by atoms with E-state index in [1.807, 2.05) is 26.4 Å². The van der Waals surface area contributed by atoms with Crippen LogP contribution in [-0.2, 0) is 16.0 Å². The Kier molecular flexibility index (Phi) is 3.94. The second-order valence-corrected chi connectivity index (χ2v) is 5.80. The van der Waals surface area contributed by atoms with E-state index in [9.17, 15) is 0 Å². The molecular formula is C16H21N3O2. The molecule has 5 nitrogen and oxygen atoms in total. The number of ether oxygens (including phenoxy) is 2.